The molecule has 0 unspecified atom stereocenters. The predicted octanol–water partition coefficient (Wildman–Crippen LogP) is 5.85. The molecule has 1 heterocycles. The van der Waals surface area contributed by atoms with Crippen LogP contribution in [0.5, 0.6) is 5.75 Å². The predicted molar refractivity (Wildman–Crippen MR) is 132 cm³/mol. The maximum atomic E-state index is 14.3. The molecular formula is C28H30F2N2O2. The summed E-state index contributed by atoms with van der Waals surface area (Å²) in [5, 5.41) is 3.32. The highest BCUT2D eigenvalue weighted by molar-refractivity contribution is 5.64. The zero-order valence-electron chi connectivity index (χ0n) is 19.4. The third-order valence-electron chi connectivity index (χ3n) is 6.34. The van der Waals surface area contributed by atoms with Crippen molar-refractivity contribution in [2.45, 2.75) is 39.2 Å². The second-order valence-electron chi connectivity index (χ2n) is 8.59. The highest BCUT2D eigenvalue weighted by atomic mass is 19.1. The monoisotopic (exact) mass is 464 g/mol. The van der Waals surface area contributed by atoms with Gasteiger partial charge in [-0.25, -0.2) is 8.78 Å². The van der Waals surface area contributed by atoms with E-state index in [2.05, 4.69) is 29.3 Å². The number of hydrogen-bond acceptors (Lipinski definition) is 4. The summed E-state index contributed by atoms with van der Waals surface area (Å²) in [6, 6.07) is 15.8. The lowest BCUT2D eigenvalue weighted by molar-refractivity contribution is -0.107. The fourth-order valence-corrected chi connectivity index (χ4v) is 4.53. The van der Waals surface area contributed by atoms with Gasteiger partial charge < -0.3 is 19.7 Å². The standard InChI is InChI=1S/C28H30F2N2O2/c1-20-23(19-31-24-13-12-21(7-5-16-33)26(30)18-24)11-10-22-6-4-14-32(28(20)22)15-17-34-27-9-3-2-8-25(27)29/h2-3,8-13,16,18,31H,4-7,14-15,17,19H2,1H3. The molecule has 3 aromatic rings. The Morgan fingerprint density at radius 1 is 1.06 bits per heavy atom. The Labute approximate surface area is 199 Å². The molecule has 0 spiro atoms. The Bertz CT molecular complexity index is 1150. The molecule has 3 aromatic carbocycles. The molecule has 1 N–H and O–H groups in total. The average Bonchev–Trinajstić information content (AvgIpc) is 2.84. The van der Waals surface area contributed by atoms with Crippen molar-refractivity contribution in [3.63, 3.8) is 0 Å². The number of aldehydes is 1. The number of ether oxygens (including phenoxy) is 1. The molecule has 0 bridgehead atoms. The third-order valence-corrected chi connectivity index (χ3v) is 6.34. The number of hydrogen-bond donors (Lipinski definition) is 1. The van der Waals surface area contributed by atoms with E-state index in [4.69, 9.17) is 4.74 Å². The first-order valence-electron chi connectivity index (χ1n) is 11.8. The summed E-state index contributed by atoms with van der Waals surface area (Å²) in [4.78, 5) is 12.9. The molecule has 0 saturated carbocycles. The molecule has 0 amide bonds. The van der Waals surface area contributed by atoms with Gasteiger partial charge in [-0.1, -0.05) is 30.3 Å². The van der Waals surface area contributed by atoms with Crippen LogP contribution in [0.3, 0.4) is 0 Å². The van der Waals surface area contributed by atoms with Crippen molar-refractivity contribution in [2.75, 3.05) is 29.9 Å². The Morgan fingerprint density at radius 2 is 1.88 bits per heavy atom. The van der Waals surface area contributed by atoms with Gasteiger partial charge >= 0.3 is 0 Å². The van der Waals surface area contributed by atoms with Crippen molar-refractivity contribution in [2.24, 2.45) is 0 Å². The summed E-state index contributed by atoms with van der Waals surface area (Å²) in [5.41, 5.74) is 6.13. The van der Waals surface area contributed by atoms with Gasteiger partial charge in [-0.05, 0) is 72.7 Å². The Morgan fingerprint density at radius 3 is 2.68 bits per heavy atom. The van der Waals surface area contributed by atoms with Crippen LogP contribution in [-0.2, 0) is 24.2 Å². The van der Waals surface area contributed by atoms with E-state index in [9.17, 15) is 13.6 Å². The van der Waals surface area contributed by atoms with E-state index >= 15 is 0 Å². The molecule has 1 aliphatic heterocycles. The highest BCUT2D eigenvalue weighted by Crippen LogP contribution is 2.33. The molecule has 0 radical (unpaired) electrons. The summed E-state index contributed by atoms with van der Waals surface area (Å²) in [6.07, 6.45) is 3.64. The van der Waals surface area contributed by atoms with Gasteiger partial charge in [0.15, 0.2) is 11.6 Å². The van der Waals surface area contributed by atoms with Crippen LogP contribution in [0.1, 0.15) is 35.1 Å². The van der Waals surface area contributed by atoms with Crippen molar-refractivity contribution in [1.29, 1.82) is 0 Å². The van der Waals surface area contributed by atoms with Gasteiger partial charge in [-0.15, -0.1) is 0 Å². The highest BCUT2D eigenvalue weighted by Gasteiger charge is 2.20. The summed E-state index contributed by atoms with van der Waals surface area (Å²) in [7, 11) is 0. The van der Waals surface area contributed by atoms with Crippen molar-refractivity contribution in [1.82, 2.24) is 0 Å². The van der Waals surface area contributed by atoms with E-state index in [1.807, 2.05) is 6.07 Å². The number of carbonyl (C=O) groups is 1. The van der Waals surface area contributed by atoms with Gasteiger partial charge in [0.25, 0.3) is 0 Å². The molecule has 0 fully saturated rings. The molecule has 178 valence electrons. The van der Waals surface area contributed by atoms with Crippen molar-refractivity contribution < 1.29 is 18.3 Å². The minimum atomic E-state index is -0.348. The van der Waals surface area contributed by atoms with Gasteiger partial charge in [0, 0.05) is 30.9 Å². The molecule has 6 heteroatoms. The van der Waals surface area contributed by atoms with E-state index in [0.717, 1.165) is 31.2 Å². The maximum absolute atomic E-state index is 14.3. The number of rotatable bonds is 10. The zero-order valence-corrected chi connectivity index (χ0v) is 19.4. The van der Waals surface area contributed by atoms with Gasteiger partial charge in [-0.2, -0.15) is 0 Å². The van der Waals surface area contributed by atoms with Gasteiger partial charge in [0.2, 0.25) is 0 Å². The van der Waals surface area contributed by atoms with Crippen molar-refractivity contribution in [3.05, 3.63) is 88.5 Å². The number of anilines is 2. The van der Waals surface area contributed by atoms with Crippen LogP contribution in [0.25, 0.3) is 0 Å². The first-order chi connectivity index (χ1) is 16.6. The normalized spacial score (nSPS) is 12.9. The largest absolute Gasteiger partial charge is 0.489 e. The van der Waals surface area contributed by atoms with Gasteiger partial charge in [-0.3, -0.25) is 0 Å². The maximum Gasteiger partial charge on any atom is 0.165 e. The van der Waals surface area contributed by atoms with Gasteiger partial charge in [0.1, 0.15) is 18.7 Å². The van der Waals surface area contributed by atoms with Crippen LogP contribution in [-0.4, -0.2) is 26.0 Å². The van der Waals surface area contributed by atoms with E-state index in [0.29, 0.717) is 43.8 Å². The fourth-order valence-electron chi connectivity index (χ4n) is 4.53. The van der Waals surface area contributed by atoms with E-state index in [1.165, 1.54) is 28.9 Å². The van der Waals surface area contributed by atoms with Crippen LogP contribution in [0, 0.1) is 18.6 Å². The summed E-state index contributed by atoms with van der Waals surface area (Å²) < 4.78 is 33.9. The molecule has 0 atom stereocenters. The Balaban J connectivity index is 1.43. The molecule has 0 aromatic heterocycles. The fraction of sp³-hybridized carbons (Fsp3) is 0.321. The number of nitrogens with one attached hydrogen (secondary N) is 1. The molecule has 4 rings (SSSR count). The van der Waals surface area contributed by atoms with Crippen LogP contribution < -0.4 is 15.0 Å². The lowest BCUT2D eigenvalue weighted by Gasteiger charge is -2.33. The number of halogens is 2. The molecule has 34 heavy (non-hydrogen) atoms. The van der Waals surface area contributed by atoms with Crippen LogP contribution in [0.2, 0.25) is 0 Å². The van der Waals surface area contributed by atoms with E-state index in [1.54, 1.807) is 24.3 Å². The second kappa shape index (κ2) is 11.1. The Kier molecular flexibility index (Phi) is 7.78. The smallest absolute Gasteiger partial charge is 0.165 e. The lowest BCUT2D eigenvalue weighted by Crippen LogP contribution is -2.34. The molecule has 0 aliphatic carbocycles. The molecule has 4 nitrogen and oxygen atoms in total. The second-order valence-corrected chi connectivity index (χ2v) is 8.59. The van der Waals surface area contributed by atoms with Crippen LogP contribution >= 0.6 is 0 Å². The number of carbonyl (C=O) groups excluding carboxylic acids is 1. The van der Waals surface area contributed by atoms with Gasteiger partial charge in [0.05, 0.1) is 6.54 Å². The quantitative estimate of drug-likeness (QED) is 0.382. The third kappa shape index (κ3) is 5.56. The first kappa shape index (κ1) is 23.7. The summed E-state index contributed by atoms with van der Waals surface area (Å²) >= 11 is 0. The number of fused-ring (bicyclic) bond motifs is 1. The molecular weight excluding hydrogens is 434 g/mol. The van der Waals surface area contributed by atoms with Crippen LogP contribution in [0.4, 0.5) is 20.2 Å². The molecule has 1 aliphatic rings. The minimum Gasteiger partial charge on any atom is -0.489 e. The first-order valence-corrected chi connectivity index (χ1v) is 11.8. The van der Waals surface area contributed by atoms with E-state index < -0.39 is 0 Å². The minimum absolute atomic E-state index is 0.277. The lowest BCUT2D eigenvalue weighted by atomic mass is 9.94. The summed E-state index contributed by atoms with van der Waals surface area (Å²) in [5.74, 6) is -0.367. The number of para-hydroxylation sites is 1. The number of nitrogens with zero attached hydrogens (tertiary/aromatic N) is 1. The number of benzene rings is 3. The van der Waals surface area contributed by atoms with Crippen LogP contribution in [0.15, 0.2) is 54.6 Å². The average molecular weight is 465 g/mol. The SMILES string of the molecule is Cc1c(CNc2ccc(CCC=O)c(F)c2)ccc2c1N(CCOc1ccccc1F)CCC2. The van der Waals surface area contributed by atoms with Crippen molar-refractivity contribution in [3.8, 4) is 5.75 Å². The summed E-state index contributed by atoms with van der Waals surface area (Å²) in [6.45, 7) is 4.70. The van der Waals surface area contributed by atoms with E-state index in [-0.39, 0.29) is 17.4 Å². The van der Waals surface area contributed by atoms with Crippen molar-refractivity contribution >= 4 is 17.7 Å². The zero-order chi connectivity index (χ0) is 23.9. The molecule has 0 saturated heterocycles. The topological polar surface area (TPSA) is 41.6 Å². The number of aryl methyl sites for hydroxylation is 2. The Hall–Kier alpha value is -3.41.